The number of carbonyl (C=O) groups excluding carboxylic acids is 1. The minimum Gasteiger partial charge on any atom is -0.497 e. The van der Waals surface area contributed by atoms with E-state index >= 15 is 0 Å². The molecular formula is C19H18N2O5. The fourth-order valence-electron chi connectivity index (χ4n) is 2.90. The Morgan fingerprint density at radius 3 is 2.65 bits per heavy atom. The van der Waals surface area contributed by atoms with Gasteiger partial charge in [0.25, 0.3) is 0 Å². The van der Waals surface area contributed by atoms with Gasteiger partial charge in [-0.25, -0.2) is 0 Å². The van der Waals surface area contributed by atoms with Crippen molar-refractivity contribution in [2.24, 2.45) is 0 Å². The molecule has 0 bridgehead atoms. The number of anilines is 1. The first-order valence-electron chi connectivity index (χ1n) is 8.21. The van der Waals surface area contributed by atoms with E-state index in [1.54, 1.807) is 56.9 Å². The molecule has 0 unspecified atom stereocenters. The van der Waals surface area contributed by atoms with E-state index < -0.39 is 5.41 Å². The van der Waals surface area contributed by atoms with Crippen LogP contribution in [-0.2, 0) is 10.2 Å². The van der Waals surface area contributed by atoms with Crippen LogP contribution in [0.2, 0.25) is 0 Å². The summed E-state index contributed by atoms with van der Waals surface area (Å²) in [6.45, 7) is 0. The number of aromatic nitrogens is 1. The van der Waals surface area contributed by atoms with Crippen LogP contribution < -0.4 is 14.8 Å². The molecule has 4 rings (SSSR count). The fraction of sp³-hybridized carbons (Fsp3) is 0.263. The van der Waals surface area contributed by atoms with Crippen molar-refractivity contribution in [2.75, 3.05) is 19.5 Å². The summed E-state index contributed by atoms with van der Waals surface area (Å²) in [6.07, 6.45) is 2.98. The summed E-state index contributed by atoms with van der Waals surface area (Å²) in [5.74, 6) is 2.13. The third kappa shape index (κ3) is 2.71. The number of methoxy groups -OCH3 is 2. The van der Waals surface area contributed by atoms with Gasteiger partial charge in [0, 0.05) is 12.1 Å². The fourth-order valence-corrected chi connectivity index (χ4v) is 2.90. The van der Waals surface area contributed by atoms with E-state index in [2.05, 4.69) is 10.5 Å². The molecule has 7 nitrogen and oxygen atoms in total. The van der Waals surface area contributed by atoms with Crippen LogP contribution >= 0.6 is 0 Å². The lowest BCUT2D eigenvalue weighted by Gasteiger charge is -2.15. The molecule has 7 heteroatoms. The largest absolute Gasteiger partial charge is 0.497 e. The smallest absolute Gasteiger partial charge is 0.236 e. The summed E-state index contributed by atoms with van der Waals surface area (Å²) in [5, 5.41) is 7.03. The maximum absolute atomic E-state index is 12.9. The normalized spacial score (nSPS) is 14.7. The van der Waals surface area contributed by atoms with Gasteiger partial charge >= 0.3 is 0 Å². The lowest BCUT2D eigenvalue weighted by atomic mass is 10.0. The van der Waals surface area contributed by atoms with E-state index in [1.807, 2.05) is 0 Å². The lowest BCUT2D eigenvalue weighted by Crippen LogP contribution is -2.28. The zero-order valence-electron chi connectivity index (χ0n) is 14.4. The highest BCUT2D eigenvalue weighted by Gasteiger charge is 2.54. The average Bonchev–Trinajstić information content (AvgIpc) is 3.09. The van der Waals surface area contributed by atoms with Crippen LogP contribution in [0.15, 0.2) is 51.6 Å². The third-order valence-electron chi connectivity index (χ3n) is 4.61. The highest BCUT2D eigenvalue weighted by Crippen LogP contribution is 2.49. The molecule has 3 aromatic rings. The van der Waals surface area contributed by atoms with E-state index in [-0.39, 0.29) is 5.91 Å². The quantitative estimate of drug-likeness (QED) is 0.727. The first-order chi connectivity index (χ1) is 12.7. The Balaban J connectivity index is 1.57. The molecule has 1 aromatic carbocycles. The molecule has 1 fully saturated rings. The predicted octanol–water partition coefficient (Wildman–Crippen LogP) is 3.62. The molecule has 2 aromatic heterocycles. The number of hydrogen-bond donors (Lipinski definition) is 1. The standard InChI is InChI=1S/C19H18N2O5/c1-23-12-5-6-13(15(10-12)24-2)20-18(22)19(7-8-19)17-11-16(26-21-17)14-4-3-9-25-14/h3-6,9-11H,7-8H2,1-2H3,(H,20,22). The number of benzene rings is 1. The summed E-state index contributed by atoms with van der Waals surface area (Å²) in [4.78, 5) is 12.9. The third-order valence-corrected chi connectivity index (χ3v) is 4.61. The van der Waals surface area contributed by atoms with Gasteiger partial charge in [-0.2, -0.15) is 0 Å². The van der Waals surface area contributed by atoms with E-state index in [1.165, 1.54) is 0 Å². The average molecular weight is 354 g/mol. The molecule has 0 aliphatic heterocycles. The zero-order chi connectivity index (χ0) is 18.1. The van der Waals surface area contributed by atoms with Crippen LogP contribution in [0, 0.1) is 0 Å². The summed E-state index contributed by atoms with van der Waals surface area (Å²) in [5.41, 5.74) is 0.507. The van der Waals surface area contributed by atoms with Gasteiger partial charge in [0.2, 0.25) is 11.7 Å². The predicted molar refractivity (Wildman–Crippen MR) is 93.3 cm³/mol. The Morgan fingerprint density at radius 2 is 2.00 bits per heavy atom. The first kappa shape index (κ1) is 16.3. The summed E-state index contributed by atoms with van der Waals surface area (Å²) >= 11 is 0. The van der Waals surface area contributed by atoms with Crippen molar-refractivity contribution in [2.45, 2.75) is 18.3 Å². The summed E-state index contributed by atoms with van der Waals surface area (Å²) < 4.78 is 21.2. The van der Waals surface area contributed by atoms with Crippen molar-refractivity contribution in [1.82, 2.24) is 5.16 Å². The van der Waals surface area contributed by atoms with Crippen LogP contribution in [0.3, 0.4) is 0 Å². The SMILES string of the molecule is COc1ccc(NC(=O)C2(c3cc(-c4ccco4)on3)CC2)c(OC)c1. The number of amides is 1. The Hall–Kier alpha value is -3.22. The van der Waals surface area contributed by atoms with Gasteiger partial charge < -0.3 is 23.7 Å². The molecule has 0 saturated heterocycles. The molecule has 1 amide bonds. The van der Waals surface area contributed by atoms with Gasteiger partial charge in [0.05, 0.1) is 37.3 Å². The van der Waals surface area contributed by atoms with Gasteiger partial charge in [0.1, 0.15) is 11.5 Å². The summed E-state index contributed by atoms with van der Waals surface area (Å²) in [7, 11) is 3.12. The van der Waals surface area contributed by atoms with E-state index in [0.29, 0.717) is 47.2 Å². The van der Waals surface area contributed by atoms with Crippen LogP contribution in [0.4, 0.5) is 5.69 Å². The molecule has 0 spiro atoms. The molecule has 1 N–H and O–H groups in total. The second-order valence-corrected chi connectivity index (χ2v) is 6.16. The molecule has 1 aliphatic rings. The zero-order valence-corrected chi connectivity index (χ0v) is 14.4. The van der Waals surface area contributed by atoms with E-state index in [0.717, 1.165) is 0 Å². The summed E-state index contributed by atoms with van der Waals surface area (Å²) in [6, 6.07) is 10.6. The number of hydrogen-bond acceptors (Lipinski definition) is 6. The maximum Gasteiger partial charge on any atom is 0.236 e. The minimum absolute atomic E-state index is 0.139. The van der Waals surface area contributed by atoms with Crippen molar-refractivity contribution < 1.29 is 23.2 Å². The van der Waals surface area contributed by atoms with Gasteiger partial charge in [-0.05, 0) is 37.1 Å². The number of carbonyl (C=O) groups is 1. The number of furan rings is 1. The van der Waals surface area contributed by atoms with Crippen LogP contribution in [-0.4, -0.2) is 25.3 Å². The van der Waals surface area contributed by atoms with Gasteiger partial charge in [-0.15, -0.1) is 0 Å². The second-order valence-electron chi connectivity index (χ2n) is 6.16. The molecule has 0 radical (unpaired) electrons. The Bertz CT molecular complexity index is 925. The topological polar surface area (TPSA) is 86.7 Å². The molecule has 1 saturated carbocycles. The van der Waals surface area contributed by atoms with Crippen LogP contribution in [0.25, 0.3) is 11.5 Å². The van der Waals surface area contributed by atoms with Gasteiger partial charge in [0.15, 0.2) is 5.76 Å². The number of ether oxygens (including phenoxy) is 2. The van der Waals surface area contributed by atoms with Crippen molar-refractivity contribution >= 4 is 11.6 Å². The van der Waals surface area contributed by atoms with Crippen molar-refractivity contribution in [3.63, 3.8) is 0 Å². The number of rotatable bonds is 6. The number of nitrogens with one attached hydrogen (secondary N) is 1. The van der Waals surface area contributed by atoms with Crippen molar-refractivity contribution in [3.05, 3.63) is 48.4 Å². The number of nitrogens with zero attached hydrogens (tertiary/aromatic N) is 1. The lowest BCUT2D eigenvalue weighted by molar-refractivity contribution is -0.118. The van der Waals surface area contributed by atoms with Crippen molar-refractivity contribution in [3.8, 4) is 23.0 Å². The Labute approximate surface area is 149 Å². The molecule has 0 atom stereocenters. The molecule has 1 aliphatic carbocycles. The van der Waals surface area contributed by atoms with E-state index in [9.17, 15) is 4.79 Å². The van der Waals surface area contributed by atoms with Crippen LogP contribution in [0.1, 0.15) is 18.5 Å². The van der Waals surface area contributed by atoms with Gasteiger partial charge in [-0.3, -0.25) is 4.79 Å². The monoisotopic (exact) mass is 354 g/mol. The first-order valence-corrected chi connectivity index (χ1v) is 8.21. The Morgan fingerprint density at radius 1 is 1.15 bits per heavy atom. The Kier molecular flexibility index (Phi) is 3.91. The van der Waals surface area contributed by atoms with Crippen molar-refractivity contribution in [1.29, 1.82) is 0 Å². The molecule has 26 heavy (non-hydrogen) atoms. The molecule has 2 heterocycles. The highest BCUT2D eigenvalue weighted by molar-refractivity contribution is 6.02. The maximum atomic E-state index is 12.9. The molecular weight excluding hydrogens is 336 g/mol. The van der Waals surface area contributed by atoms with Gasteiger partial charge in [-0.1, -0.05) is 5.16 Å². The van der Waals surface area contributed by atoms with E-state index in [4.69, 9.17) is 18.4 Å². The van der Waals surface area contributed by atoms with Crippen LogP contribution in [0.5, 0.6) is 11.5 Å². The molecule has 134 valence electrons. The highest BCUT2D eigenvalue weighted by atomic mass is 16.5. The minimum atomic E-state index is -0.681. The second kappa shape index (κ2) is 6.25.